The summed E-state index contributed by atoms with van der Waals surface area (Å²) in [5, 5.41) is 0. The number of hydrogen-bond acceptors (Lipinski definition) is 1. The summed E-state index contributed by atoms with van der Waals surface area (Å²) in [7, 11) is 0. The second-order valence-corrected chi connectivity index (χ2v) is 12.5. The first-order chi connectivity index (χ1) is 4.15. The van der Waals surface area contributed by atoms with E-state index >= 15 is 0 Å². The van der Waals surface area contributed by atoms with Gasteiger partial charge in [-0.2, -0.15) is 0 Å². The average Bonchev–Trinajstić information content (AvgIpc) is 1.59. The van der Waals surface area contributed by atoms with Gasteiger partial charge in [-0.05, 0) is 0 Å². The predicted molar refractivity (Wildman–Crippen MR) is 45.9 cm³/mol. The van der Waals surface area contributed by atoms with Crippen molar-refractivity contribution < 1.29 is 3.78 Å². The van der Waals surface area contributed by atoms with Gasteiger partial charge in [0.25, 0.3) is 0 Å². The monoisotopic (exact) mass is 204 g/mol. The molecule has 0 radical (unpaired) electrons. The molecule has 10 heavy (non-hydrogen) atoms. The van der Waals surface area contributed by atoms with Gasteiger partial charge in [-0.15, -0.1) is 0 Å². The van der Waals surface area contributed by atoms with Gasteiger partial charge in [-0.1, -0.05) is 0 Å². The van der Waals surface area contributed by atoms with Crippen LogP contribution in [0, 0.1) is 0 Å². The zero-order valence-corrected chi connectivity index (χ0v) is 10.0. The summed E-state index contributed by atoms with van der Waals surface area (Å²) in [6, 6.07) is 0. The Labute approximate surface area is 68.5 Å². The molecule has 0 aromatic carbocycles. The third-order valence-corrected chi connectivity index (χ3v) is 7.08. The van der Waals surface area contributed by atoms with Crippen LogP contribution in [0.4, 0.5) is 0 Å². The molecule has 0 heterocycles. The van der Waals surface area contributed by atoms with Crippen molar-refractivity contribution in [3.8, 4) is 0 Å². The minimum atomic E-state index is -2.10. The van der Waals surface area contributed by atoms with Crippen LogP contribution >= 0.6 is 0 Å². The summed E-state index contributed by atoms with van der Waals surface area (Å²) in [6.45, 7) is 12.4. The third kappa shape index (κ3) is 2.95. The molecule has 0 atom stereocenters. The van der Waals surface area contributed by atoms with Gasteiger partial charge in [0.1, 0.15) is 0 Å². The molecule has 0 fully saturated rings. The third-order valence-electron chi connectivity index (χ3n) is 1.36. The Hall–Kier alpha value is 0.343. The van der Waals surface area contributed by atoms with Gasteiger partial charge in [-0.25, -0.2) is 0 Å². The zero-order valence-electron chi connectivity index (χ0n) is 7.91. The van der Waals surface area contributed by atoms with Crippen LogP contribution in [0.3, 0.4) is 0 Å². The normalized spacial score (nSPS) is 13.4. The van der Waals surface area contributed by atoms with E-state index in [1.165, 1.54) is 0 Å². The Kier molecular flexibility index (Phi) is 2.86. The molecule has 0 saturated carbocycles. The molecule has 60 valence electrons. The van der Waals surface area contributed by atoms with Crippen molar-refractivity contribution in [1.82, 2.24) is 0 Å². The summed E-state index contributed by atoms with van der Waals surface area (Å²) in [4.78, 5) is 0. The van der Waals surface area contributed by atoms with E-state index in [2.05, 4.69) is 41.5 Å². The molecular formula is C8H18GeO. The molecule has 0 bridgehead atoms. The van der Waals surface area contributed by atoms with Crippen LogP contribution in [0.15, 0.2) is 0 Å². The Bertz CT molecular complexity index is 120. The van der Waals surface area contributed by atoms with E-state index in [0.717, 1.165) is 0 Å². The fourth-order valence-electron chi connectivity index (χ4n) is 1.12. The molecule has 0 aliphatic carbocycles. The summed E-state index contributed by atoms with van der Waals surface area (Å²) < 4.78 is 11.8. The van der Waals surface area contributed by atoms with Crippen molar-refractivity contribution in [2.24, 2.45) is 0 Å². The van der Waals surface area contributed by atoms with E-state index in [0.29, 0.717) is 0 Å². The predicted octanol–water partition coefficient (Wildman–Crippen LogP) is 3.01. The Morgan fingerprint density at radius 3 is 1.00 bits per heavy atom. The molecule has 0 saturated heterocycles. The van der Waals surface area contributed by atoms with Crippen molar-refractivity contribution in [2.75, 3.05) is 0 Å². The van der Waals surface area contributed by atoms with Gasteiger partial charge in [0.15, 0.2) is 0 Å². The first-order valence-corrected chi connectivity index (χ1v) is 6.66. The summed E-state index contributed by atoms with van der Waals surface area (Å²) in [5.41, 5.74) is 0. The fourth-order valence-corrected chi connectivity index (χ4v) is 5.85. The number of rotatable bonds is 0. The standard InChI is InChI=1S/C8H18GeO/c1-7(2,3)9(10)8(4,5)6/h1-6H3. The minimum absolute atomic E-state index is 0.0538. The van der Waals surface area contributed by atoms with Crippen molar-refractivity contribution >= 4 is 14.3 Å². The van der Waals surface area contributed by atoms with E-state index < -0.39 is 14.3 Å². The van der Waals surface area contributed by atoms with Crippen molar-refractivity contribution in [2.45, 2.75) is 50.0 Å². The molecule has 0 unspecified atom stereocenters. The van der Waals surface area contributed by atoms with E-state index in [9.17, 15) is 3.78 Å². The fraction of sp³-hybridized carbons (Fsp3) is 1.00. The Balaban J connectivity index is 4.40. The van der Waals surface area contributed by atoms with Crippen molar-refractivity contribution in [1.29, 1.82) is 0 Å². The molecule has 0 amide bonds. The van der Waals surface area contributed by atoms with Gasteiger partial charge in [0.2, 0.25) is 0 Å². The molecule has 0 aliphatic rings. The summed E-state index contributed by atoms with van der Waals surface area (Å²) >= 11 is -2.10. The van der Waals surface area contributed by atoms with Crippen LogP contribution < -0.4 is 0 Å². The van der Waals surface area contributed by atoms with Gasteiger partial charge < -0.3 is 0 Å². The molecule has 1 nitrogen and oxygen atoms in total. The van der Waals surface area contributed by atoms with E-state index in [1.807, 2.05) is 0 Å². The maximum atomic E-state index is 11.7. The van der Waals surface area contributed by atoms with Gasteiger partial charge in [-0.3, -0.25) is 0 Å². The summed E-state index contributed by atoms with van der Waals surface area (Å²) in [5.74, 6) is 0. The van der Waals surface area contributed by atoms with E-state index in [1.54, 1.807) is 0 Å². The molecule has 0 spiro atoms. The Morgan fingerprint density at radius 2 is 1.00 bits per heavy atom. The van der Waals surface area contributed by atoms with Crippen LogP contribution in [0.2, 0.25) is 8.49 Å². The second kappa shape index (κ2) is 2.76. The Morgan fingerprint density at radius 1 is 0.800 bits per heavy atom. The van der Waals surface area contributed by atoms with Crippen molar-refractivity contribution in [3.05, 3.63) is 0 Å². The van der Waals surface area contributed by atoms with Crippen LogP contribution in [-0.4, -0.2) is 14.3 Å². The van der Waals surface area contributed by atoms with E-state index in [4.69, 9.17) is 0 Å². The van der Waals surface area contributed by atoms with Crippen molar-refractivity contribution in [3.63, 3.8) is 0 Å². The SMILES string of the molecule is C[C](C)(C)[Ge](=[O])[C](C)(C)C. The molecule has 0 aromatic heterocycles. The first kappa shape index (κ1) is 10.3. The topological polar surface area (TPSA) is 17.1 Å². The molecular weight excluding hydrogens is 185 g/mol. The summed E-state index contributed by atoms with van der Waals surface area (Å²) in [6.07, 6.45) is 0. The zero-order chi connectivity index (χ0) is 8.58. The molecule has 0 aromatic rings. The second-order valence-electron chi connectivity index (χ2n) is 4.83. The van der Waals surface area contributed by atoms with Crippen LogP contribution in [0.1, 0.15) is 41.5 Å². The molecule has 0 N–H and O–H groups in total. The van der Waals surface area contributed by atoms with Gasteiger partial charge in [0.05, 0.1) is 0 Å². The quantitative estimate of drug-likeness (QED) is 0.552. The van der Waals surface area contributed by atoms with Gasteiger partial charge in [0, 0.05) is 0 Å². The first-order valence-electron chi connectivity index (χ1n) is 3.70. The molecule has 0 aliphatic heterocycles. The average molecular weight is 203 g/mol. The maximum absolute atomic E-state index is 11.7. The van der Waals surface area contributed by atoms with Crippen LogP contribution in [0.25, 0.3) is 0 Å². The molecule has 0 rings (SSSR count). The molecule has 2 heteroatoms. The van der Waals surface area contributed by atoms with Gasteiger partial charge >= 0.3 is 68.1 Å². The number of hydrogen-bond donors (Lipinski definition) is 0. The van der Waals surface area contributed by atoms with Crippen LogP contribution in [-0.2, 0) is 3.78 Å². The van der Waals surface area contributed by atoms with Crippen LogP contribution in [0.5, 0.6) is 0 Å². The van der Waals surface area contributed by atoms with E-state index in [-0.39, 0.29) is 8.49 Å².